The number of urea groups is 1. The predicted molar refractivity (Wildman–Crippen MR) is 108 cm³/mol. The Bertz CT molecular complexity index is 1110. The molecule has 1 saturated heterocycles. The summed E-state index contributed by atoms with van der Waals surface area (Å²) in [5, 5.41) is 12.1. The average Bonchev–Trinajstić information content (AvgIpc) is 3.53. The first-order chi connectivity index (χ1) is 14.4. The van der Waals surface area contributed by atoms with Crippen molar-refractivity contribution in [3.63, 3.8) is 0 Å². The highest BCUT2D eigenvalue weighted by Crippen LogP contribution is 2.41. The number of carbonyl (C=O) groups is 1. The van der Waals surface area contributed by atoms with Crippen molar-refractivity contribution in [2.24, 2.45) is 0 Å². The summed E-state index contributed by atoms with van der Waals surface area (Å²) in [6, 6.07) is 14.1. The third-order valence-corrected chi connectivity index (χ3v) is 7.48. The van der Waals surface area contributed by atoms with E-state index in [9.17, 15) is 22.9 Å². The van der Waals surface area contributed by atoms with Crippen LogP contribution in [0.25, 0.3) is 0 Å². The minimum Gasteiger partial charge on any atom is -0.335 e. The van der Waals surface area contributed by atoms with Crippen molar-refractivity contribution in [2.45, 2.75) is 23.3 Å². The smallest absolute Gasteiger partial charge is 0.317 e. The molecule has 1 heterocycles. The van der Waals surface area contributed by atoms with Gasteiger partial charge in [0.2, 0.25) is 10.0 Å². The maximum atomic E-state index is 13.4. The molecule has 2 atom stereocenters. The van der Waals surface area contributed by atoms with Gasteiger partial charge in [-0.15, -0.1) is 0 Å². The van der Waals surface area contributed by atoms with Crippen molar-refractivity contribution in [2.75, 3.05) is 26.2 Å². The molecule has 4 rings (SSSR count). The van der Waals surface area contributed by atoms with Crippen molar-refractivity contribution >= 4 is 16.1 Å². The minimum absolute atomic E-state index is 0.0127. The monoisotopic (exact) mass is 428 g/mol. The SMILES string of the molecule is N#Cc1ccccc1S(=O)(=O)N1CCN(C(=O)NC2CC2c2cccc(F)c2)CC1. The zero-order chi connectivity index (χ0) is 21.3. The van der Waals surface area contributed by atoms with Crippen LogP contribution in [0.15, 0.2) is 53.4 Å². The lowest BCUT2D eigenvalue weighted by Gasteiger charge is -2.34. The standard InChI is InChI=1S/C21H21FN4O3S/c22-17-6-3-5-15(12-17)18-13-19(18)24-21(27)25-8-10-26(11-9-25)30(28,29)20-7-2-1-4-16(20)14-23/h1-7,12,18-19H,8-11,13H2,(H,24,27). The Hall–Kier alpha value is -2.96. The number of sulfonamides is 1. The van der Waals surface area contributed by atoms with Gasteiger partial charge in [0.25, 0.3) is 0 Å². The molecule has 2 aliphatic rings. The normalized spacial score (nSPS) is 21.7. The van der Waals surface area contributed by atoms with Gasteiger partial charge in [0, 0.05) is 38.1 Å². The number of rotatable bonds is 4. The molecule has 0 bridgehead atoms. The minimum atomic E-state index is -3.80. The first kappa shape index (κ1) is 20.3. The summed E-state index contributed by atoms with van der Waals surface area (Å²) in [4.78, 5) is 14.1. The molecule has 2 fully saturated rings. The molecule has 7 nitrogen and oxygen atoms in total. The maximum Gasteiger partial charge on any atom is 0.317 e. The Kier molecular flexibility index (Phi) is 5.45. The van der Waals surface area contributed by atoms with Crippen molar-refractivity contribution in [1.82, 2.24) is 14.5 Å². The number of amides is 2. The quantitative estimate of drug-likeness (QED) is 0.808. The summed E-state index contributed by atoms with van der Waals surface area (Å²) in [6.07, 6.45) is 0.758. The van der Waals surface area contributed by atoms with E-state index < -0.39 is 10.0 Å². The number of benzene rings is 2. The van der Waals surface area contributed by atoms with Crippen LogP contribution >= 0.6 is 0 Å². The van der Waals surface area contributed by atoms with E-state index in [-0.39, 0.29) is 60.4 Å². The molecule has 30 heavy (non-hydrogen) atoms. The number of nitrogens with zero attached hydrogens (tertiary/aromatic N) is 3. The number of piperazine rings is 1. The summed E-state index contributed by atoms with van der Waals surface area (Å²) in [6.45, 7) is 0.843. The van der Waals surface area contributed by atoms with E-state index >= 15 is 0 Å². The molecule has 1 aliphatic heterocycles. The molecule has 2 amide bonds. The maximum absolute atomic E-state index is 13.4. The largest absolute Gasteiger partial charge is 0.335 e. The van der Waals surface area contributed by atoms with Gasteiger partial charge in [0.15, 0.2) is 0 Å². The summed E-state index contributed by atoms with van der Waals surface area (Å²) in [5.74, 6) is -0.187. The highest BCUT2D eigenvalue weighted by molar-refractivity contribution is 7.89. The number of nitriles is 1. The lowest BCUT2D eigenvalue weighted by molar-refractivity contribution is 0.171. The van der Waals surface area contributed by atoms with Crippen LogP contribution in [0.4, 0.5) is 9.18 Å². The van der Waals surface area contributed by atoms with Crippen LogP contribution in [-0.4, -0.2) is 55.9 Å². The molecule has 0 radical (unpaired) electrons. The van der Waals surface area contributed by atoms with Crippen molar-refractivity contribution in [3.05, 3.63) is 65.5 Å². The van der Waals surface area contributed by atoms with E-state index in [1.807, 2.05) is 12.1 Å². The van der Waals surface area contributed by atoms with Gasteiger partial charge >= 0.3 is 6.03 Å². The zero-order valence-corrected chi connectivity index (χ0v) is 17.0. The summed E-state index contributed by atoms with van der Waals surface area (Å²) in [7, 11) is -3.80. The molecule has 156 valence electrons. The Balaban J connectivity index is 1.34. The Morgan fingerprint density at radius 3 is 2.53 bits per heavy atom. The first-order valence-electron chi connectivity index (χ1n) is 9.70. The Morgan fingerprint density at radius 1 is 1.10 bits per heavy atom. The molecule has 2 unspecified atom stereocenters. The van der Waals surface area contributed by atoms with Gasteiger partial charge in [-0.1, -0.05) is 24.3 Å². The number of carbonyl (C=O) groups excluding carboxylic acids is 1. The number of halogens is 1. The van der Waals surface area contributed by atoms with E-state index in [2.05, 4.69) is 5.32 Å². The second-order valence-corrected chi connectivity index (χ2v) is 9.36. The third kappa shape index (κ3) is 4.01. The molecule has 2 aromatic carbocycles. The molecule has 0 aromatic heterocycles. The Labute approximate surface area is 174 Å². The molecule has 1 saturated carbocycles. The molecule has 1 aliphatic carbocycles. The predicted octanol–water partition coefficient (Wildman–Crippen LogP) is 2.27. The van der Waals surface area contributed by atoms with Crippen molar-refractivity contribution in [1.29, 1.82) is 5.26 Å². The molecule has 0 spiro atoms. The topological polar surface area (TPSA) is 93.5 Å². The first-order valence-corrected chi connectivity index (χ1v) is 11.1. The zero-order valence-electron chi connectivity index (χ0n) is 16.2. The lowest BCUT2D eigenvalue weighted by Crippen LogP contribution is -2.53. The van der Waals surface area contributed by atoms with Crippen LogP contribution in [0, 0.1) is 17.1 Å². The van der Waals surface area contributed by atoms with Gasteiger partial charge < -0.3 is 10.2 Å². The van der Waals surface area contributed by atoms with E-state index in [0.717, 1.165) is 12.0 Å². The molecule has 1 N–H and O–H groups in total. The van der Waals surface area contributed by atoms with E-state index in [0.29, 0.717) is 0 Å². The fourth-order valence-corrected chi connectivity index (χ4v) is 5.33. The fraction of sp³-hybridized carbons (Fsp3) is 0.333. The van der Waals surface area contributed by atoms with Crippen LogP contribution in [0.1, 0.15) is 23.5 Å². The number of hydrogen-bond donors (Lipinski definition) is 1. The van der Waals surface area contributed by atoms with Gasteiger partial charge in [0.1, 0.15) is 11.9 Å². The molecule has 9 heteroatoms. The van der Waals surface area contributed by atoms with Gasteiger partial charge in [-0.3, -0.25) is 0 Å². The molecular formula is C21H21FN4O3S. The second kappa shape index (κ2) is 8.05. The molecule has 2 aromatic rings. The summed E-state index contributed by atoms with van der Waals surface area (Å²) < 4.78 is 40.4. The lowest BCUT2D eigenvalue weighted by atomic mass is 10.1. The third-order valence-electron chi connectivity index (χ3n) is 5.53. The second-order valence-electron chi connectivity index (χ2n) is 7.45. The van der Waals surface area contributed by atoms with E-state index in [1.54, 1.807) is 23.1 Å². The summed E-state index contributed by atoms with van der Waals surface area (Å²) in [5.41, 5.74) is 0.974. The van der Waals surface area contributed by atoms with Crippen molar-refractivity contribution in [3.8, 4) is 6.07 Å². The summed E-state index contributed by atoms with van der Waals surface area (Å²) >= 11 is 0. The van der Waals surface area contributed by atoms with E-state index in [1.165, 1.54) is 28.6 Å². The number of hydrogen-bond acceptors (Lipinski definition) is 4. The average molecular weight is 428 g/mol. The van der Waals surface area contributed by atoms with Gasteiger partial charge in [0.05, 0.1) is 10.5 Å². The van der Waals surface area contributed by atoms with Crippen molar-refractivity contribution < 1.29 is 17.6 Å². The van der Waals surface area contributed by atoms with Crippen LogP contribution < -0.4 is 5.32 Å². The highest BCUT2D eigenvalue weighted by Gasteiger charge is 2.41. The van der Waals surface area contributed by atoms with Crippen LogP contribution in [-0.2, 0) is 10.0 Å². The molecular weight excluding hydrogens is 407 g/mol. The van der Waals surface area contributed by atoms with Crippen LogP contribution in [0.3, 0.4) is 0 Å². The van der Waals surface area contributed by atoms with Crippen LogP contribution in [0.5, 0.6) is 0 Å². The van der Waals surface area contributed by atoms with E-state index in [4.69, 9.17) is 0 Å². The fourth-order valence-electron chi connectivity index (χ4n) is 3.76. The van der Waals surface area contributed by atoms with Gasteiger partial charge in [-0.2, -0.15) is 9.57 Å². The Morgan fingerprint density at radius 2 is 1.83 bits per heavy atom. The van der Waals surface area contributed by atoms with Gasteiger partial charge in [-0.05, 0) is 36.2 Å². The number of nitrogens with one attached hydrogen (secondary N) is 1. The highest BCUT2D eigenvalue weighted by atomic mass is 32.2. The van der Waals surface area contributed by atoms with Gasteiger partial charge in [-0.25, -0.2) is 17.6 Å². The van der Waals surface area contributed by atoms with Crippen LogP contribution in [0.2, 0.25) is 0 Å².